The number of hydrogen-bond donors (Lipinski definition) is 2. The van der Waals surface area contributed by atoms with Crippen molar-refractivity contribution >= 4 is 11.6 Å². The third-order valence-electron chi connectivity index (χ3n) is 6.26. The first-order valence-corrected chi connectivity index (χ1v) is 11.8. The SMILES string of the molecule is CCNC(=NCC(C(C)C)N1CCOCC1)NC(C)c1cccc(N2CCCC2)c1. The van der Waals surface area contributed by atoms with Gasteiger partial charge in [0.05, 0.1) is 25.8 Å². The molecule has 0 aromatic heterocycles. The van der Waals surface area contributed by atoms with Gasteiger partial charge in [-0.05, 0) is 50.3 Å². The first-order chi connectivity index (χ1) is 14.6. The van der Waals surface area contributed by atoms with Gasteiger partial charge < -0.3 is 20.3 Å². The number of rotatable bonds is 8. The van der Waals surface area contributed by atoms with E-state index in [-0.39, 0.29) is 6.04 Å². The van der Waals surface area contributed by atoms with Gasteiger partial charge in [-0.25, -0.2) is 0 Å². The molecule has 6 heteroatoms. The molecule has 2 heterocycles. The number of nitrogens with one attached hydrogen (secondary N) is 2. The molecule has 2 atom stereocenters. The van der Waals surface area contributed by atoms with E-state index in [2.05, 4.69) is 72.4 Å². The first-order valence-electron chi connectivity index (χ1n) is 11.8. The molecule has 3 rings (SSSR count). The normalized spacial score (nSPS) is 20.4. The maximum Gasteiger partial charge on any atom is 0.191 e. The van der Waals surface area contributed by atoms with Crippen LogP contribution in [0.25, 0.3) is 0 Å². The van der Waals surface area contributed by atoms with Crippen LogP contribution in [-0.2, 0) is 4.74 Å². The summed E-state index contributed by atoms with van der Waals surface area (Å²) >= 11 is 0. The lowest BCUT2D eigenvalue weighted by molar-refractivity contribution is 0.00867. The van der Waals surface area contributed by atoms with Gasteiger partial charge in [0.15, 0.2) is 5.96 Å². The molecule has 30 heavy (non-hydrogen) atoms. The van der Waals surface area contributed by atoms with E-state index in [0.29, 0.717) is 12.0 Å². The molecule has 0 spiro atoms. The summed E-state index contributed by atoms with van der Waals surface area (Å²) in [7, 11) is 0. The number of morpholine rings is 1. The van der Waals surface area contributed by atoms with Gasteiger partial charge in [-0.15, -0.1) is 0 Å². The Morgan fingerprint density at radius 2 is 1.83 bits per heavy atom. The highest BCUT2D eigenvalue weighted by Crippen LogP contribution is 2.24. The summed E-state index contributed by atoms with van der Waals surface area (Å²) in [6, 6.07) is 9.60. The molecule has 2 N–H and O–H groups in total. The van der Waals surface area contributed by atoms with Crippen LogP contribution in [-0.4, -0.2) is 69.4 Å². The first kappa shape index (κ1) is 22.9. The van der Waals surface area contributed by atoms with Crippen molar-refractivity contribution in [3.8, 4) is 0 Å². The zero-order valence-electron chi connectivity index (χ0n) is 19.4. The number of guanidine groups is 1. The van der Waals surface area contributed by atoms with Gasteiger partial charge in [-0.3, -0.25) is 9.89 Å². The molecule has 1 aromatic rings. The zero-order valence-corrected chi connectivity index (χ0v) is 19.4. The second kappa shape index (κ2) is 11.6. The van der Waals surface area contributed by atoms with Crippen molar-refractivity contribution in [2.75, 3.05) is 57.4 Å². The Labute approximate surface area is 183 Å². The fraction of sp³-hybridized carbons (Fsp3) is 0.708. The van der Waals surface area contributed by atoms with Crippen molar-refractivity contribution in [1.29, 1.82) is 0 Å². The molecule has 0 amide bonds. The lowest BCUT2D eigenvalue weighted by atomic mass is 10.0. The number of ether oxygens (including phenoxy) is 1. The van der Waals surface area contributed by atoms with Crippen molar-refractivity contribution in [1.82, 2.24) is 15.5 Å². The van der Waals surface area contributed by atoms with Gasteiger partial charge in [0.2, 0.25) is 0 Å². The predicted octanol–water partition coefficient (Wildman–Crippen LogP) is 3.26. The highest BCUT2D eigenvalue weighted by atomic mass is 16.5. The standard InChI is InChI=1S/C24H41N5O/c1-5-25-24(26-18-23(19(2)3)29-13-15-30-16-14-29)27-20(4)21-9-8-10-22(17-21)28-11-6-7-12-28/h8-10,17,19-20,23H,5-7,11-16,18H2,1-4H3,(H2,25,26,27). The average molecular weight is 416 g/mol. The van der Waals surface area contributed by atoms with Crippen molar-refractivity contribution in [2.45, 2.75) is 52.6 Å². The maximum atomic E-state index is 5.54. The van der Waals surface area contributed by atoms with Crippen molar-refractivity contribution in [3.05, 3.63) is 29.8 Å². The Balaban J connectivity index is 1.65. The predicted molar refractivity (Wildman–Crippen MR) is 126 cm³/mol. The van der Waals surface area contributed by atoms with Crippen molar-refractivity contribution in [3.63, 3.8) is 0 Å². The molecule has 0 aliphatic carbocycles. The Morgan fingerprint density at radius 1 is 1.10 bits per heavy atom. The van der Waals surface area contributed by atoms with E-state index >= 15 is 0 Å². The van der Waals surface area contributed by atoms with Crippen LogP contribution in [0.5, 0.6) is 0 Å². The van der Waals surface area contributed by atoms with Gasteiger partial charge in [0, 0.05) is 44.5 Å². The monoisotopic (exact) mass is 415 g/mol. The van der Waals surface area contributed by atoms with Crippen molar-refractivity contribution < 1.29 is 4.74 Å². The van der Waals surface area contributed by atoms with Crippen LogP contribution < -0.4 is 15.5 Å². The molecule has 2 aliphatic rings. The number of anilines is 1. The third kappa shape index (κ3) is 6.35. The minimum Gasteiger partial charge on any atom is -0.379 e. The van der Waals surface area contributed by atoms with E-state index < -0.39 is 0 Å². The second-order valence-corrected chi connectivity index (χ2v) is 8.83. The number of hydrogen-bond acceptors (Lipinski definition) is 4. The van der Waals surface area contributed by atoms with Crippen LogP contribution in [0.4, 0.5) is 5.69 Å². The van der Waals surface area contributed by atoms with Gasteiger partial charge in [-0.1, -0.05) is 26.0 Å². The van der Waals surface area contributed by atoms with E-state index in [9.17, 15) is 0 Å². The van der Waals surface area contributed by atoms with E-state index in [1.807, 2.05) is 0 Å². The molecule has 1 aromatic carbocycles. The quantitative estimate of drug-likeness (QED) is 0.504. The highest BCUT2D eigenvalue weighted by Gasteiger charge is 2.24. The third-order valence-corrected chi connectivity index (χ3v) is 6.26. The molecule has 2 fully saturated rings. The second-order valence-electron chi connectivity index (χ2n) is 8.83. The van der Waals surface area contributed by atoms with Crippen LogP contribution in [0, 0.1) is 5.92 Å². The highest BCUT2D eigenvalue weighted by molar-refractivity contribution is 5.80. The van der Waals surface area contributed by atoms with Gasteiger partial charge in [0.25, 0.3) is 0 Å². The lowest BCUT2D eigenvalue weighted by Crippen LogP contribution is -2.48. The van der Waals surface area contributed by atoms with Gasteiger partial charge in [-0.2, -0.15) is 0 Å². The van der Waals surface area contributed by atoms with Crippen LogP contribution in [0.1, 0.15) is 52.1 Å². The minimum absolute atomic E-state index is 0.200. The van der Waals surface area contributed by atoms with E-state index in [4.69, 9.17) is 9.73 Å². The van der Waals surface area contributed by atoms with E-state index in [1.54, 1.807) is 0 Å². The fourth-order valence-electron chi connectivity index (χ4n) is 4.42. The Kier molecular flexibility index (Phi) is 8.82. The van der Waals surface area contributed by atoms with Crippen LogP contribution in [0.2, 0.25) is 0 Å². The molecule has 0 saturated carbocycles. The number of aliphatic imine (C=N–C) groups is 1. The summed E-state index contributed by atoms with van der Waals surface area (Å²) in [5, 5.41) is 7.06. The molecule has 0 bridgehead atoms. The van der Waals surface area contributed by atoms with Crippen LogP contribution in [0.15, 0.2) is 29.3 Å². The number of benzene rings is 1. The topological polar surface area (TPSA) is 52.1 Å². The molecule has 168 valence electrons. The Hall–Kier alpha value is -1.79. The molecular weight excluding hydrogens is 374 g/mol. The van der Waals surface area contributed by atoms with Crippen molar-refractivity contribution in [2.24, 2.45) is 10.9 Å². The molecule has 2 saturated heterocycles. The summed E-state index contributed by atoms with van der Waals surface area (Å²) in [6.45, 7) is 16.6. The molecule has 2 aliphatic heterocycles. The largest absolute Gasteiger partial charge is 0.379 e. The summed E-state index contributed by atoms with van der Waals surface area (Å²) in [4.78, 5) is 10.0. The Bertz CT molecular complexity index is 665. The zero-order chi connectivity index (χ0) is 21.3. The van der Waals surface area contributed by atoms with Crippen LogP contribution in [0.3, 0.4) is 0 Å². The smallest absolute Gasteiger partial charge is 0.191 e. The Morgan fingerprint density at radius 3 is 2.50 bits per heavy atom. The molecule has 2 unspecified atom stereocenters. The summed E-state index contributed by atoms with van der Waals surface area (Å²) in [5.74, 6) is 1.46. The summed E-state index contributed by atoms with van der Waals surface area (Å²) < 4.78 is 5.54. The molecule has 6 nitrogen and oxygen atoms in total. The van der Waals surface area contributed by atoms with Crippen LogP contribution >= 0.6 is 0 Å². The van der Waals surface area contributed by atoms with E-state index in [0.717, 1.165) is 45.4 Å². The molecular formula is C24H41N5O. The fourth-order valence-corrected chi connectivity index (χ4v) is 4.42. The summed E-state index contributed by atoms with van der Waals surface area (Å²) in [5.41, 5.74) is 2.64. The van der Waals surface area contributed by atoms with Gasteiger partial charge >= 0.3 is 0 Å². The minimum atomic E-state index is 0.200. The average Bonchev–Trinajstić information content (AvgIpc) is 3.29. The lowest BCUT2D eigenvalue weighted by Gasteiger charge is -2.36. The number of nitrogens with zero attached hydrogens (tertiary/aromatic N) is 3. The van der Waals surface area contributed by atoms with Gasteiger partial charge in [0.1, 0.15) is 0 Å². The summed E-state index contributed by atoms with van der Waals surface area (Å²) in [6.07, 6.45) is 2.60. The molecule has 0 radical (unpaired) electrons. The van der Waals surface area contributed by atoms with E-state index in [1.165, 1.54) is 37.2 Å². The maximum absolute atomic E-state index is 5.54.